The van der Waals surface area contributed by atoms with Crippen LogP contribution < -0.4 is 5.32 Å². The molecule has 0 heterocycles. The molecule has 4 heteroatoms. The Labute approximate surface area is 116 Å². The fourth-order valence-electron chi connectivity index (χ4n) is 1.79. The summed E-state index contributed by atoms with van der Waals surface area (Å²) in [6, 6.07) is 11.9. The van der Waals surface area contributed by atoms with Crippen LogP contribution in [0.2, 0.25) is 5.02 Å². The lowest BCUT2D eigenvalue weighted by molar-refractivity contribution is 0.626. The van der Waals surface area contributed by atoms with Gasteiger partial charge < -0.3 is 5.32 Å². The molecule has 19 heavy (non-hydrogen) atoms. The number of hydrogen-bond donors (Lipinski definition) is 1. The van der Waals surface area contributed by atoms with Crippen molar-refractivity contribution < 1.29 is 4.39 Å². The summed E-state index contributed by atoms with van der Waals surface area (Å²) in [6.45, 7) is 2.40. The first-order chi connectivity index (χ1) is 9.08. The van der Waals surface area contributed by atoms with Crippen molar-refractivity contribution in [2.45, 2.75) is 13.5 Å². The van der Waals surface area contributed by atoms with Gasteiger partial charge in [0.05, 0.1) is 11.6 Å². The van der Waals surface area contributed by atoms with Gasteiger partial charge in [0.1, 0.15) is 5.82 Å². The number of nitrogens with one attached hydrogen (secondary N) is 1. The number of aryl methyl sites for hydroxylation is 1. The zero-order chi connectivity index (χ0) is 13.8. The minimum Gasteiger partial charge on any atom is -0.381 e. The van der Waals surface area contributed by atoms with E-state index in [4.69, 9.17) is 16.9 Å². The van der Waals surface area contributed by atoms with Crippen molar-refractivity contribution in [3.05, 3.63) is 63.9 Å². The van der Waals surface area contributed by atoms with E-state index in [2.05, 4.69) is 11.4 Å². The van der Waals surface area contributed by atoms with Crippen LogP contribution in [0.5, 0.6) is 0 Å². The molecule has 0 aliphatic carbocycles. The number of anilines is 1. The molecule has 0 aliphatic heterocycles. The first-order valence-electron chi connectivity index (χ1n) is 5.78. The molecule has 0 saturated heterocycles. The minimum atomic E-state index is -0.355. The Kier molecular flexibility index (Phi) is 4.03. The van der Waals surface area contributed by atoms with Crippen LogP contribution in [0.15, 0.2) is 36.4 Å². The van der Waals surface area contributed by atoms with Gasteiger partial charge >= 0.3 is 0 Å². The normalized spacial score (nSPS) is 10.0. The van der Waals surface area contributed by atoms with Gasteiger partial charge in [0.2, 0.25) is 0 Å². The Morgan fingerprint density at radius 2 is 2.05 bits per heavy atom. The first-order valence-corrected chi connectivity index (χ1v) is 6.16. The Hall–Kier alpha value is -2.05. The van der Waals surface area contributed by atoms with Crippen LogP contribution in [0.3, 0.4) is 0 Å². The molecule has 0 radical (unpaired) electrons. The van der Waals surface area contributed by atoms with Crippen LogP contribution in [0.25, 0.3) is 0 Å². The van der Waals surface area contributed by atoms with Crippen molar-refractivity contribution in [2.24, 2.45) is 0 Å². The highest BCUT2D eigenvalue weighted by Crippen LogP contribution is 2.19. The summed E-state index contributed by atoms with van der Waals surface area (Å²) in [4.78, 5) is 0. The van der Waals surface area contributed by atoms with Gasteiger partial charge in [-0.15, -0.1) is 0 Å². The van der Waals surface area contributed by atoms with Crippen LogP contribution >= 0.6 is 11.6 Å². The molecule has 2 rings (SSSR count). The lowest BCUT2D eigenvalue weighted by Gasteiger charge is -2.10. The molecule has 0 aromatic heterocycles. The number of nitriles is 1. The third-order valence-electron chi connectivity index (χ3n) is 2.77. The van der Waals surface area contributed by atoms with Crippen molar-refractivity contribution in [3.8, 4) is 6.07 Å². The van der Waals surface area contributed by atoms with E-state index in [-0.39, 0.29) is 5.82 Å². The van der Waals surface area contributed by atoms with Crippen molar-refractivity contribution in [3.63, 3.8) is 0 Å². The zero-order valence-electron chi connectivity index (χ0n) is 10.4. The maximum Gasteiger partial charge on any atom is 0.125 e. The molecule has 0 atom stereocenters. The van der Waals surface area contributed by atoms with Crippen molar-refractivity contribution >= 4 is 17.3 Å². The monoisotopic (exact) mass is 274 g/mol. The fourth-order valence-corrected chi connectivity index (χ4v) is 2.04. The third kappa shape index (κ3) is 3.46. The van der Waals surface area contributed by atoms with Crippen molar-refractivity contribution in [2.75, 3.05) is 5.32 Å². The van der Waals surface area contributed by atoms with Gasteiger partial charge in [0.25, 0.3) is 0 Å². The van der Waals surface area contributed by atoms with Gasteiger partial charge in [-0.3, -0.25) is 0 Å². The first kappa shape index (κ1) is 13.4. The van der Waals surface area contributed by atoms with Crippen LogP contribution in [0.1, 0.15) is 16.7 Å². The van der Waals surface area contributed by atoms with E-state index in [0.29, 0.717) is 17.1 Å². The number of halogens is 2. The second-order valence-corrected chi connectivity index (χ2v) is 4.71. The summed E-state index contributed by atoms with van der Waals surface area (Å²) in [5.74, 6) is -0.355. The molecule has 2 aromatic carbocycles. The van der Waals surface area contributed by atoms with E-state index in [1.54, 1.807) is 18.2 Å². The second-order valence-electron chi connectivity index (χ2n) is 4.27. The molecule has 0 aliphatic rings. The van der Waals surface area contributed by atoms with Crippen LogP contribution in [-0.2, 0) is 6.54 Å². The number of nitrogens with zero attached hydrogens (tertiary/aromatic N) is 1. The summed E-state index contributed by atoms with van der Waals surface area (Å²) in [5.41, 5.74) is 3.23. The predicted octanol–water partition coefficient (Wildman–Crippen LogP) is 4.27. The second kappa shape index (κ2) is 5.73. The largest absolute Gasteiger partial charge is 0.381 e. The molecule has 96 valence electrons. The SMILES string of the molecule is Cc1ccc(C#N)cc1NCc1cc(F)cc(Cl)c1. The maximum absolute atomic E-state index is 13.2. The average molecular weight is 275 g/mol. The van der Waals surface area contributed by atoms with Gasteiger partial charge in [-0.2, -0.15) is 5.26 Å². The van der Waals surface area contributed by atoms with Gasteiger partial charge in [-0.25, -0.2) is 4.39 Å². The van der Waals surface area contributed by atoms with Gasteiger partial charge in [-0.1, -0.05) is 17.7 Å². The molecule has 0 fully saturated rings. The Balaban J connectivity index is 2.16. The summed E-state index contributed by atoms with van der Waals surface area (Å²) in [7, 11) is 0. The summed E-state index contributed by atoms with van der Waals surface area (Å²) >= 11 is 5.80. The Morgan fingerprint density at radius 1 is 1.26 bits per heavy atom. The van der Waals surface area contributed by atoms with Crippen molar-refractivity contribution in [1.29, 1.82) is 5.26 Å². The lowest BCUT2D eigenvalue weighted by atomic mass is 10.1. The number of rotatable bonds is 3. The summed E-state index contributed by atoms with van der Waals surface area (Å²) in [5, 5.41) is 12.4. The minimum absolute atomic E-state index is 0.355. The Bertz CT molecular complexity index is 627. The lowest BCUT2D eigenvalue weighted by Crippen LogP contribution is -2.02. The predicted molar refractivity (Wildman–Crippen MR) is 74.6 cm³/mol. The van der Waals surface area contributed by atoms with Gasteiger partial charge in [-0.05, 0) is 48.4 Å². The molecule has 1 N–H and O–H groups in total. The van der Waals surface area contributed by atoms with Crippen LogP contribution in [0.4, 0.5) is 10.1 Å². The standard InChI is InChI=1S/C15H12ClFN2/c1-10-2-3-11(8-18)6-15(10)19-9-12-4-13(16)7-14(17)5-12/h2-7,19H,9H2,1H3. The molecule has 2 nitrogen and oxygen atoms in total. The Morgan fingerprint density at radius 3 is 2.74 bits per heavy atom. The molecular formula is C15H12ClFN2. The third-order valence-corrected chi connectivity index (χ3v) is 2.99. The van der Waals surface area contributed by atoms with E-state index < -0.39 is 0 Å². The van der Waals surface area contributed by atoms with E-state index in [9.17, 15) is 4.39 Å². The molecular weight excluding hydrogens is 263 g/mol. The van der Waals surface area contributed by atoms with E-state index in [1.807, 2.05) is 13.0 Å². The van der Waals surface area contributed by atoms with Gasteiger partial charge in [0, 0.05) is 17.3 Å². The zero-order valence-corrected chi connectivity index (χ0v) is 11.1. The molecule has 0 saturated carbocycles. The van der Waals surface area contributed by atoms with Crippen LogP contribution in [0, 0.1) is 24.1 Å². The topological polar surface area (TPSA) is 35.8 Å². The maximum atomic E-state index is 13.2. The van der Waals surface area contributed by atoms with E-state index in [0.717, 1.165) is 16.8 Å². The quantitative estimate of drug-likeness (QED) is 0.907. The van der Waals surface area contributed by atoms with E-state index in [1.165, 1.54) is 12.1 Å². The molecule has 0 amide bonds. The molecule has 0 spiro atoms. The molecule has 0 unspecified atom stereocenters. The van der Waals surface area contributed by atoms with Crippen molar-refractivity contribution in [1.82, 2.24) is 0 Å². The smallest absolute Gasteiger partial charge is 0.125 e. The number of benzene rings is 2. The van der Waals surface area contributed by atoms with Gasteiger partial charge in [0.15, 0.2) is 0 Å². The van der Waals surface area contributed by atoms with E-state index >= 15 is 0 Å². The summed E-state index contributed by atoms with van der Waals surface area (Å²) < 4.78 is 13.2. The number of hydrogen-bond acceptors (Lipinski definition) is 2. The fraction of sp³-hybridized carbons (Fsp3) is 0.133. The highest BCUT2D eigenvalue weighted by Gasteiger charge is 2.02. The molecule has 0 bridgehead atoms. The average Bonchev–Trinajstić information content (AvgIpc) is 2.37. The van der Waals surface area contributed by atoms with Crippen LogP contribution in [-0.4, -0.2) is 0 Å². The highest BCUT2D eigenvalue weighted by molar-refractivity contribution is 6.30. The molecule has 2 aromatic rings. The summed E-state index contributed by atoms with van der Waals surface area (Å²) in [6.07, 6.45) is 0. The highest BCUT2D eigenvalue weighted by atomic mass is 35.5.